The Morgan fingerprint density at radius 2 is 2.23 bits per heavy atom. The number of aromatic amines is 1. The van der Waals surface area contributed by atoms with Crippen LogP contribution >= 0.6 is 0 Å². The van der Waals surface area contributed by atoms with Crippen molar-refractivity contribution in [3.8, 4) is 0 Å². The number of benzene rings is 1. The van der Waals surface area contributed by atoms with E-state index in [1.807, 2.05) is 12.1 Å². The van der Waals surface area contributed by atoms with Crippen molar-refractivity contribution in [1.29, 1.82) is 0 Å². The SMILES string of the molecule is [c]1ncc2cc3ccnc3cc2[nH]1. The van der Waals surface area contributed by atoms with Gasteiger partial charge in [-0.1, -0.05) is 0 Å². The van der Waals surface area contributed by atoms with Gasteiger partial charge >= 0.3 is 0 Å². The third-order valence-corrected chi connectivity index (χ3v) is 2.13. The Hall–Kier alpha value is -1.90. The molecule has 0 unspecified atom stereocenters. The lowest BCUT2D eigenvalue weighted by Crippen LogP contribution is -1.80. The van der Waals surface area contributed by atoms with E-state index >= 15 is 0 Å². The fourth-order valence-corrected chi connectivity index (χ4v) is 1.48. The highest BCUT2D eigenvalue weighted by molar-refractivity contribution is 5.94. The second-order valence-electron chi connectivity index (χ2n) is 2.94. The topological polar surface area (TPSA) is 41.6 Å². The van der Waals surface area contributed by atoms with Gasteiger partial charge in [-0.25, -0.2) is 4.98 Å². The lowest BCUT2D eigenvalue weighted by Gasteiger charge is -1.95. The van der Waals surface area contributed by atoms with Crippen LogP contribution in [0.2, 0.25) is 0 Å². The van der Waals surface area contributed by atoms with Crippen LogP contribution in [-0.2, 0) is 0 Å². The predicted molar refractivity (Wildman–Crippen MR) is 50.2 cm³/mol. The summed E-state index contributed by atoms with van der Waals surface area (Å²) in [5, 5.41) is 2.23. The summed E-state index contributed by atoms with van der Waals surface area (Å²) in [6.45, 7) is 0. The van der Waals surface area contributed by atoms with E-state index in [0.29, 0.717) is 0 Å². The number of fused-ring (bicyclic) bond motifs is 2. The second-order valence-corrected chi connectivity index (χ2v) is 2.94. The monoisotopic (exact) mass is 168 g/mol. The number of nitrogens with one attached hydrogen (secondary N) is 1. The maximum Gasteiger partial charge on any atom is 0.173 e. The second kappa shape index (κ2) is 2.29. The number of aromatic nitrogens is 3. The van der Waals surface area contributed by atoms with Crippen LogP contribution in [-0.4, -0.2) is 15.0 Å². The van der Waals surface area contributed by atoms with Gasteiger partial charge in [-0.3, -0.25) is 4.98 Å². The molecule has 0 saturated carbocycles. The maximum atomic E-state index is 4.21. The molecule has 1 N–H and O–H groups in total. The first-order valence-corrected chi connectivity index (χ1v) is 4.03. The van der Waals surface area contributed by atoms with Gasteiger partial charge < -0.3 is 4.98 Å². The van der Waals surface area contributed by atoms with Crippen molar-refractivity contribution in [2.75, 3.05) is 0 Å². The summed E-state index contributed by atoms with van der Waals surface area (Å²) in [7, 11) is 0. The van der Waals surface area contributed by atoms with Crippen molar-refractivity contribution in [3.05, 3.63) is 36.9 Å². The predicted octanol–water partition coefficient (Wildman–Crippen LogP) is 1.91. The highest BCUT2D eigenvalue weighted by atomic mass is 14.8. The molecule has 61 valence electrons. The van der Waals surface area contributed by atoms with Gasteiger partial charge in [0, 0.05) is 23.2 Å². The van der Waals surface area contributed by atoms with E-state index in [2.05, 4.69) is 27.3 Å². The molecule has 0 spiro atoms. The molecule has 1 radical (unpaired) electrons. The molecule has 3 heteroatoms. The maximum absolute atomic E-state index is 4.21. The Bertz CT molecular complexity index is 519. The van der Waals surface area contributed by atoms with E-state index in [0.717, 1.165) is 21.8 Å². The Kier molecular flexibility index (Phi) is 1.16. The minimum Gasteiger partial charge on any atom is -0.337 e. The lowest BCUT2D eigenvalue weighted by molar-refractivity contribution is 1.20. The first-order valence-electron chi connectivity index (χ1n) is 4.03. The molecule has 3 nitrogen and oxygen atoms in total. The summed E-state index contributed by atoms with van der Waals surface area (Å²) in [6, 6.07) is 6.06. The van der Waals surface area contributed by atoms with Gasteiger partial charge in [0.25, 0.3) is 0 Å². The van der Waals surface area contributed by atoms with Crippen LogP contribution in [0.1, 0.15) is 0 Å². The standard InChI is InChI=1S/C10H6N3/c1-2-12-9-4-10-8(3-7(1)9)5-11-6-13-10/h1-5H,(H,11,13). The fourth-order valence-electron chi connectivity index (χ4n) is 1.48. The number of H-pyrrole nitrogens is 1. The van der Waals surface area contributed by atoms with Crippen LogP contribution in [0.5, 0.6) is 0 Å². The zero-order valence-corrected chi connectivity index (χ0v) is 6.78. The highest BCUT2D eigenvalue weighted by Gasteiger charge is 1.98. The zero-order chi connectivity index (χ0) is 8.67. The summed E-state index contributed by atoms with van der Waals surface area (Å²) >= 11 is 0. The minimum absolute atomic E-state index is 1.00. The molecular formula is C10H6N3. The minimum atomic E-state index is 1.00. The Balaban J connectivity index is 2.57. The molecule has 0 fully saturated rings. The van der Waals surface area contributed by atoms with E-state index in [4.69, 9.17) is 0 Å². The largest absolute Gasteiger partial charge is 0.337 e. The molecular weight excluding hydrogens is 162 g/mol. The summed E-state index contributed by atoms with van der Waals surface area (Å²) < 4.78 is 0. The number of hydrogen-bond acceptors (Lipinski definition) is 2. The number of hydrogen-bond donors (Lipinski definition) is 1. The molecule has 3 aromatic rings. The molecule has 13 heavy (non-hydrogen) atoms. The van der Waals surface area contributed by atoms with Gasteiger partial charge in [-0.05, 0) is 18.2 Å². The quantitative estimate of drug-likeness (QED) is 0.557. The van der Waals surface area contributed by atoms with Crippen LogP contribution in [0.3, 0.4) is 0 Å². The summed E-state index contributed by atoms with van der Waals surface area (Å²) in [6.07, 6.45) is 6.29. The Labute approximate surface area is 74.4 Å². The van der Waals surface area contributed by atoms with E-state index in [1.165, 1.54) is 0 Å². The molecule has 3 rings (SSSR count). The van der Waals surface area contributed by atoms with Crippen molar-refractivity contribution in [3.63, 3.8) is 0 Å². The number of rotatable bonds is 0. The molecule has 2 heterocycles. The van der Waals surface area contributed by atoms with Gasteiger partial charge in [-0.15, -0.1) is 0 Å². The van der Waals surface area contributed by atoms with E-state index in [-0.39, 0.29) is 0 Å². The van der Waals surface area contributed by atoms with E-state index in [1.54, 1.807) is 12.4 Å². The number of nitrogens with zero attached hydrogens (tertiary/aromatic N) is 2. The van der Waals surface area contributed by atoms with Gasteiger partial charge in [0.15, 0.2) is 6.33 Å². The summed E-state index contributed by atoms with van der Waals surface area (Å²) in [4.78, 5) is 11.1. The summed E-state index contributed by atoms with van der Waals surface area (Å²) in [5.41, 5.74) is 2.02. The molecule has 0 aliphatic heterocycles. The van der Waals surface area contributed by atoms with Crippen molar-refractivity contribution in [2.45, 2.75) is 0 Å². The lowest BCUT2D eigenvalue weighted by atomic mass is 10.2. The molecule has 0 bridgehead atoms. The van der Waals surface area contributed by atoms with Gasteiger partial charge in [-0.2, -0.15) is 0 Å². The summed E-state index contributed by atoms with van der Waals surface area (Å²) in [5.74, 6) is 0. The molecule has 0 aliphatic rings. The van der Waals surface area contributed by atoms with Crippen molar-refractivity contribution >= 4 is 21.8 Å². The Morgan fingerprint density at radius 3 is 3.23 bits per heavy atom. The van der Waals surface area contributed by atoms with Crippen LogP contribution in [0, 0.1) is 6.33 Å². The Morgan fingerprint density at radius 1 is 1.23 bits per heavy atom. The van der Waals surface area contributed by atoms with Crippen LogP contribution in [0.25, 0.3) is 21.8 Å². The first kappa shape index (κ1) is 6.60. The molecule has 2 aromatic heterocycles. The van der Waals surface area contributed by atoms with Crippen molar-refractivity contribution in [1.82, 2.24) is 15.0 Å². The smallest absolute Gasteiger partial charge is 0.173 e. The molecule has 0 saturated heterocycles. The molecule has 1 aromatic carbocycles. The van der Waals surface area contributed by atoms with Gasteiger partial charge in [0.2, 0.25) is 0 Å². The molecule has 0 atom stereocenters. The first-order chi connectivity index (χ1) is 6.43. The third kappa shape index (κ3) is 0.902. The average Bonchev–Trinajstić information content (AvgIpc) is 2.61. The van der Waals surface area contributed by atoms with Crippen molar-refractivity contribution in [2.24, 2.45) is 0 Å². The highest BCUT2D eigenvalue weighted by Crippen LogP contribution is 2.18. The van der Waals surface area contributed by atoms with Crippen LogP contribution in [0.15, 0.2) is 30.6 Å². The van der Waals surface area contributed by atoms with Gasteiger partial charge in [0.05, 0.1) is 11.0 Å². The average molecular weight is 168 g/mol. The normalized spacial score (nSPS) is 11.1. The van der Waals surface area contributed by atoms with Crippen LogP contribution in [0.4, 0.5) is 0 Å². The van der Waals surface area contributed by atoms with Crippen molar-refractivity contribution < 1.29 is 0 Å². The zero-order valence-electron chi connectivity index (χ0n) is 6.78. The molecule has 0 amide bonds. The molecule has 0 aliphatic carbocycles. The van der Waals surface area contributed by atoms with Gasteiger partial charge in [0.1, 0.15) is 0 Å². The van der Waals surface area contributed by atoms with Crippen LogP contribution < -0.4 is 0 Å². The fraction of sp³-hybridized carbons (Fsp3) is 0. The van der Waals surface area contributed by atoms with E-state index < -0.39 is 0 Å². The van der Waals surface area contributed by atoms with E-state index in [9.17, 15) is 0 Å². The third-order valence-electron chi connectivity index (χ3n) is 2.13.